The second kappa shape index (κ2) is 11.3. The molecule has 23 heavy (non-hydrogen) atoms. The number of aliphatic imine (C=N–C) groups is 1. The summed E-state index contributed by atoms with van der Waals surface area (Å²) < 4.78 is 0. The lowest BCUT2D eigenvalue weighted by molar-refractivity contribution is 0.195. The Kier molecular flexibility index (Phi) is 10.1. The minimum Gasteiger partial charge on any atom is -0.357 e. The Balaban J connectivity index is 0.00000264. The van der Waals surface area contributed by atoms with Crippen molar-refractivity contribution in [1.29, 1.82) is 0 Å². The van der Waals surface area contributed by atoms with Gasteiger partial charge in [0.1, 0.15) is 0 Å². The molecule has 0 radical (unpaired) electrons. The number of nitrogens with one attached hydrogen (secondary N) is 2. The number of thiophene rings is 1. The third-order valence-electron chi connectivity index (χ3n) is 4.13. The molecule has 0 saturated carbocycles. The maximum absolute atomic E-state index is 4.68. The van der Waals surface area contributed by atoms with Crippen molar-refractivity contribution in [3.63, 3.8) is 0 Å². The van der Waals surface area contributed by atoms with Crippen molar-refractivity contribution in [3.8, 4) is 0 Å². The smallest absolute Gasteiger partial charge is 0.191 e. The Morgan fingerprint density at radius 1 is 1.30 bits per heavy atom. The highest BCUT2D eigenvalue weighted by atomic mass is 127. The molecular weight excluding hydrogens is 419 g/mol. The van der Waals surface area contributed by atoms with Crippen molar-refractivity contribution in [2.75, 3.05) is 32.7 Å². The summed E-state index contributed by atoms with van der Waals surface area (Å²) in [7, 11) is 0. The van der Waals surface area contributed by atoms with Gasteiger partial charge in [0.25, 0.3) is 0 Å². The van der Waals surface area contributed by atoms with Crippen LogP contribution in [-0.4, -0.2) is 43.6 Å². The van der Waals surface area contributed by atoms with Crippen molar-refractivity contribution in [1.82, 2.24) is 15.5 Å². The summed E-state index contributed by atoms with van der Waals surface area (Å²) in [6.45, 7) is 12.8. The molecule has 6 heteroatoms. The van der Waals surface area contributed by atoms with Crippen LogP contribution < -0.4 is 10.6 Å². The lowest BCUT2D eigenvalue weighted by Gasteiger charge is -2.30. The van der Waals surface area contributed by atoms with Crippen LogP contribution in [-0.2, 0) is 6.54 Å². The molecule has 1 aromatic heterocycles. The number of rotatable bonds is 6. The molecule has 2 N–H and O–H groups in total. The van der Waals surface area contributed by atoms with Crippen LogP contribution in [0.3, 0.4) is 0 Å². The van der Waals surface area contributed by atoms with Gasteiger partial charge >= 0.3 is 0 Å². The van der Waals surface area contributed by atoms with E-state index in [-0.39, 0.29) is 24.0 Å². The van der Waals surface area contributed by atoms with Crippen LogP contribution in [0.5, 0.6) is 0 Å². The second-order valence-electron chi connectivity index (χ2n) is 6.16. The number of aryl methyl sites for hydroxylation is 1. The molecule has 2 heterocycles. The molecule has 2 rings (SSSR count). The largest absolute Gasteiger partial charge is 0.357 e. The molecule has 0 unspecified atom stereocenters. The van der Waals surface area contributed by atoms with Crippen LogP contribution in [0.15, 0.2) is 17.1 Å². The fourth-order valence-electron chi connectivity index (χ4n) is 2.69. The van der Waals surface area contributed by atoms with Crippen LogP contribution in [0.1, 0.15) is 36.4 Å². The van der Waals surface area contributed by atoms with Crippen LogP contribution in [0, 0.1) is 12.8 Å². The number of nitrogens with zero attached hydrogens (tertiary/aromatic N) is 2. The zero-order valence-electron chi connectivity index (χ0n) is 14.6. The normalized spacial score (nSPS) is 16.9. The van der Waals surface area contributed by atoms with Crippen molar-refractivity contribution in [3.05, 3.63) is 21.9 Å². The first kappa shape index (κ1) is 20.7. The monoisotopic (exact) mass is 450 g/mol. The summed E-state index contributed by atoms with van der Waals surface area (Å²) in [5, 5.41) is 6.79. The summed E-state index contributed by atoms with van der Waals surface area (Å²) in [4.78, 5) is 9.90. The number of likely N-dealkylation sites (tertiary alicyclic amines) is 1. The molecule has 1 aromatic rings. The zero-order chi connectivity index (χ0) is 15.8. The summed E-state index contributed by atoms with van der Waals surface area (Å²) in [5.74, 6) is 1.83. The fraction of sp³-hybridized carbons (Fsp3) is 0.706. The molecule has 1 aliphatic rings. The number of guanidine groups is 1. The molecule has 0 aromatic carbocycles. The first-order chi connectivity index (χ1) is 10.7. The molecule has 0 spiro atoms. The van der Waals surface area contributed by atoms with Gasteiger partial charge in [-0.3, -0.25) is 0 Å². The number of hydrogen-bond acceptors (Lipinski definition) is 3. The van der Waals surface area contributed by atoms with Crippen molar-refractivity contribution < 1.29 is 0 Å². The summed E-state index contributed by atoms with van der Waals surface area (Å²) in [5.41, 5.74) is 0. The van der Waals surface area contributed by atoms with Gasteiger partial charge in [-0.05, 0) is 57.8 Å². The quantitative estimate of drug-likeness (QED) is 0.396. The Labute approximate surface area is 162 Å². The maximum atomic E-state index is 4.68. The van der Waals surface area contributed by atoms with E-state index in [4.69, 9.17) is 0 Å². The van der Waals surface area contributed by atoms with E-state index in [1.165, 1.54) is 35.7 Å². The zero-order valence-corrected chi connectivity index (χ0v) is 17.7. The molecule has 0 atom stereocenters. The van der Waals surface area contributed by atoms with Gasteiger partial charge in [0.05, 0.1) is 6.54 Å². The maximum Gasteiger partial charge on any atom is 0.191 e. The molecule has 1 fully saturated rings. The predicted molar refractivity (Wildman–Crippen MR) is 112 cm³/mol. The van der Waals surface area contributed by atoms with Crippen LogP contribution in [0.2, 0.25) is 0 Å². The Hall–Kier alpha value is -0.340. The van der Waals surface area contributed by atoms with Gasteiger partial charge in [-0.1, -0.05) is 6.92 Å². The Morgan fingerprint density at radius 3 is 2.65 bits per heavy atom. The molecular formula is C17H31IN4S. The number of hydrogen-bond donors (Lipinski definition) is 2. The molecule has 0 bridgehead atoms. The van der Waals surface area contributed by atoms with Gasteiger partial charge < -0.3 is 15.5 Å². The first-order valence-electron chi connectivity index (χ1n) is 8.47. The Morgan fingerprint density at radius 2 is 2.04 bits per heavy atom. The van der Waals surface area contributed by atoms with Crippen LogP contribution in [0.4, 0.5) is 0 Å². The lowest BCUT2D eigenvalue weighted by Crippen LogP contribution is -2.43. The molecule has 0 amide bonds. The van der Waals surface area contributed by atoms with Gasteiger partial charge in [-0.2, -0.15) is 0 Å². The van der Waals surface area contributed by atoms with E-state index in [9.17, 15) is 0 Å². The van der Waals surface area contributed by atoms with E-state index in [0.29, 0.717) is 0 Å². The van der Waals surface area contributed by atoms with Crippen molar-refractivity contribution in [2.24, 2.45) is 10.9 Å². The summed E-state index contributed by atoms with van der Waals surface area (Å²) in [6, 6.07) is 4.33. The molecule has 4 nitrogen and oxygen atoms in total. The van der Waals surface area contributed by atoms with E-state index in [1.807, 2.05) is 11.3 Å². The highest BCUT2D eigenvalue weighted by Crippen LogP contribution is 2.16. The topological polar surface area (TPSA) is 39.7 Å². The van der Waals surface area contributed by atoms with Crippen molar-refractivity contribution in [2.45, 2.75) is 40.2 Å². The van der Waals surface area contributed by atoms with E-state index >= 15 is 0 Å². The summed E-state index contributed by atoms with van der Waals surface area (Å²) in [6.07, 6.45) is 2.68. The molecule has 0 aliphatic carbocycles. The lowest BCUT2D eigenvalue weighted by atomic mass is 9.99. The fourth-order valence-corrected chi connectivity index (χ4v) is 3.50. The van der Waals surface area contributed by atoms with E-state index < -0.39 is 0 Å². The minimum absolute atomic E-state index is 0. The van der Waals surface area contributed by atoms with Crippen molar-refractivity contribution >= 4 is 41.3 Å². The molecule has 1 aliphatic heterocycles. The van der Waals surface area contributed by atoms with Crippen LogP contribution >= 0.6 is 35.3 Å². The van der Waals surface area contributed by atoms with E-state index in [1.54, 1.807) is 0 Å². The standard InChI is InChI=1S/C17H30N4S.HI/c1-4-18-17(20-13-16-6-5-15(3)22-16)19-9-12-21-10-7-14(2)8-11-21;/h5-6,14H,4,7-13H2,1-3H3,(H2,18,19,20);1H. The van der Waals surface area contributed by atoms with Gasteiger partial charge in [-0.15, -0.1) is 35.3 Å². The second-order valence-corrected chi connectivity index (χ2v) is 7.53. The number of piperidine rings is 1. The molecule has 1 saturated heterocycles. The Bertz CT molecular complexity index is 467. The minimum atomic E-state index is 0. The third-order valence-corrected chi connectivity index (χ3v) is 5.12. The first-order valence-corrected chi connectivity index (χ1v) is 9.29. The predicted octanol–water partition coefficient (Wildman–Crippen LogP) is 3.46. The van der Waals surface area contributed by atoms with Gasteiger partial charge in [-0.25, -0.2) is 4.99 Å². The highest BCUT2D eigenvalue weighted by molar-refractivity contribution is 14.0. The van der Waals surface area contributed by atoms with Crippen LogP contribution in [0.25, 0.3) is 0 Å². The van der Waals surface area contributed by atoms with Gasteiger partial charge in [0, 0.05) is 29.4 Å². The van der Waals surface area contributed by atoms with Gasteiger partial charge in [0.2, 0.25) is 0 Å². The number of halogens is 1. The van der Waals surface area contributed by atoms with E-state index in [0.717, 1.165) is 38.1 Å². The molecule has 132 valence electrons. The van der Waals surface area contributed by atoms with E-state index in [2.05, 4.69) is 53.4 Å². The van der Waals surface area contributed by atoms with Gasteiger partial charge in [0.15, 0.2) is 5.96 Å². The highest BCUT2D eigenvalue weighted by Gasteiger charge is 2.14. The average Bonchev–Trinajstić information content (AvgIpc) is 2.92. The third kappa shape index (κ3) is 7.85. The average molecular weight is 450 g/mol. The summed E-state index contributed by atoms with van der Waals surface area (Å²) >= 11 is 1.82. The SMILES string of the molecule is CCNC(=NCc1ccc(C)s1)NCCN1CCC(C)CC1.I.